The molecule has 0 aromatic heterocycles. The fraction of sp³-hybridized carbons (Fsp3) is 0.733. The molecule has 0 spiro atoms. The summed E-state index contributed by atoms with van der Waals surface area (Å²) in [5.41, 5.74) is 8.32. The van der Waals surface area contributed by atoms with E-state index in [1.54, 1.807) is 6.92 Å². The van der Waals surface area contributed by atoms with Crippen LogP contribution in [0.5, 0.6) is 0 Å². The highest BCUT2D eigenvalue weighted by Crippen LogP contribution is 2.21. The third kappa shape index (κ3) is 6.71. The maximum absolute atomic E-state index is 12.2. The maximum Gasteiger partial charge on any atom is 0.328 e. The van der Waals surface area contributed by atoms with Gasteiger partial charge < -0.3 is 20.3 Å². The molecule has 8 nitrogen and oxygen atoms in total. The van der Waals surface area contributed by atoms with Crippen LogP contribution in [0.2, 0.25) is 0 Å². The largest absolute Gasteiger partial charge is 0.461 e. The molecular weight excluding hydrogens is 302 g/mol. The molecule has 1 amide bonds. The summed E-state index contributed by atoms with van der Waals surface area (Å²) in [6.07, 6.45) is 3.60. The number of methoxy groups -OCH3 is 1. The number of nitrogens with one attached hydrogen (secondary N) is 1. The maximum atomic E-state index is 12.2. The topological polar surface area (TPSA) is 118 Å². The summed E-state index contributed by atoms with van der Waals surface area (Å²) in [7, 11) is 1.39. The van der Waals surface area contributed by atoms with Gasteiger partial charge in [-0.05, 0) is 39.0 Å². The zero-order chi connectivity index (χ0) is 17.2. The second kappa shape index (κ2) is 9.86. The zero-order valence-corrected chi connectivity index (χ0v) is 13.5. The summed E-state index contributed by atoms with van der Waals surface area (Å²) >= 11 is 0. The Bertz CT molecular complexity index is 482. The quantitative estimate of drug-likeness (QED) is 0.289. The Morgan fingerprint density at radius 3 is 2.57 bits per heavy atom. The van der Waals surface area contributed by atoms with Crippen LogP contribution in [0.1, 0.15) is 45.4 Å². The first-order valence-electron chi connectivity index (χ1n) is 7.71. The van der Waals surface area contributed by atoms with Gasteiger partial charge in [0.1, 0.15) is 18.2 Å². The normalized spacial score (nSPS) is 17.0. The summed E-state index contributed by atoms with van der Waals surface area (Å²) in [6.45, 7) is 1.55. The van der Waals surface area contributed by atoms with Crippen molar-refractivity contribution in [2.75, 3.05) is 7.11 Å². The third-order valence-corrected chi connectivity index (χ3v) is 3.79. The van der Waals surface area contributed by atoms with Crippen molar-refractivity contribution >= 4 is 23.9 Å². The molecule has 1 fully saturated rings. The minimum atomic E-state index is -0.934. The molecule has 8 heteroatoms. The van der Waals surface area contributed by atoms with Gasteiger partial charge in [-0.3, -0.25) is 9.59 Å². The average Bonchev–Trinajstić information content (AvgIpc) is 3.03. The van der Waals surface area contributed by atoms with E-state index in [9.17, 15) is 14.4 Å². The van der Waals surface area contributed by atoms with Crippen LogP contribution in [-0.2, 0) is 23.9 Å². The molecule has 128 valence electrons. The van der Waals surface area contributed by atoms with Crippen molar-refractivity contribution in [3.8, 4) is 0 Å². The molecule has 1 N–H and O–H groups in total. The summed E-state index contributed by atoms with van der Waals surface area (Å²) in [5.74, 6) is -1.45. The van der Waals surface area contributed by atoms with Gasteiger partial charge in [-0.2, -0.15) is 4.79 Å². The highest BCUT2D eigenvalue weighted by Gasteiger charge is 2.28. The summed E-state index contributed by atoms with van der Waals surface area (Å²) in [5, 5.41) is 2.54. The first-order chi connectivity index (χ1) is 11.0. The highest BCUT2D eigenvalue weighted by atomic mass is 16.5. The Morgan fingerprint density at radius 2 is 2.00 bits per heavy atom. The van der Waals surface area contributed by atoms with E-state index in [0.29, 0.717) is 0 Å². The minimum Gasteiger partial charge on any atom is -0.461 e. The van der Waals surface area contributed by atoms with Crippen LogP contribution in [0, 0.1) is 0 Å². The van der Waals surface area contributed by atoms with E-state index in [1.165, 1.54) is 7.11 Å². The molecule has 1 saturated carbocycles. The Morgan fingerprint density at radius 1 is 1.35 bits per heavy atom. The Balaban J connectivity index is 2.65. The molecular formula is C15H23N3O5. The Kier molecular flexibility index (Phi) is 8.15. The fourth-order valence-corrected chi connectivity index (χ4v) is 2.31. The highest BCUT2D eigenvalue weighted by molar-refractivity contribution is 6.25. The Labute approximate surface area is 135 Å². The number of amides is 1. The van der Waals surface area contributed by atoms with E-state index in [1.807, 2.05) is 0 Å². The van der Waals surface area contributed by atoms with Gasteiger partial charge in [0.25, 0.3) is 0 Å². The lowest BCUT2D eigenvalue weighted by Crippen LogP contribution is -2.46. The number of Topliss-reactive ketones (excluding diaryl/α,β-unsaturated/α-hetero) is 1. The monoisotopic (exact) mass is 325 g/mol. The third-order valence-electron chi connectivity index (χ3n) is 3.79. The van der Waals surface area contributed by atoms with Crippen LogP contribution in [0.4, 0.5) is 0 Å². The van der Waals surface area contributed by atoms with Gasteiger partial charge in [0.15, 0.2) is 0 Å². The van der Waals surface area contributed by atoms with Crippen molar-refractivity contribution in [2.45, 2.75) is 63.7 Å². The van der Waals surface area contributed by atoms with E-state index in [0.717, 1.165) is 31.9 Å². The molecule has 1 aliphatic carbocycles. The SMILES string of the molecule is CO[C@@H](C)C(=O)N[C@@H](CCC(=O)C=[N+]=[N-])C(=O)OC1CCCC1. The predicted molar refractivity (Wildman–Crippen MR) is 80.7 cm³/mol. The lowest BCUT2D eigenvalue weighted by atomic mass is 10.1. The molecule has 23 heavy (non-hydrogen) atoms. The number of nitrogens with zero attached hydrogens (tertiary/aromatic N) is 2. The second-order valence-corrected chi connectivity index (χ2v) is 5.53. The van der Waals surface area contributed by atoms with Crippen molar-refractivity contribution in [2.24, 2.45) is 0 Å². The van der Waals surface area contributed by atoms with Crippen molar-refractivity contribution in [3.05, 3.63) is 5.53 Å². The minimum absolute atomic E-state index is 0.0455. The first-order valence-corrected chi connectivity index (χ1v) is 7.71. The molecule has 1 aliphatic rings. The van der Waals surface area contributed by atoms with E-state index in [2.05, 4.69) is 10.1 Å². The Hall–Kier alpha value is -2.05. The number of carbonyl (C=O) groups is 3. The number of ketones is 1. The van der Waals surface area contributed by atoms with Crippen LogP contribution < -0.4 is 5.32 Å². The number of carbonyl (C=O) groups excluding carboxylic acids is 3. The van der Waals surface area contributed by atoms with Gasteiger partial charge in [-0.15, -0.1) is 0 Å². The number of esters is 1. The average molecular weight is 325 g/mol. The number of hydrogen-bond donors (Lipinski definition) is 1. The molecule has 0 heterocycles. The number of hydrogen-bond acceptors (Lipinski definition) is 5. The molecule has 0 aromatic rings. The van der Waals surface area contributed by atoms with Crippen molar-refractivity contribution in [3.63, 3.8) is 0 Å². The van der Waals surface area contributed by atoms with E-state index in [-0.39, 0.29) is 18.9 Å². The number of ether oxygens (including phenoxy) is 2. The van der Waals surface area contributed by atoms with Crippen molar-refractivity contribution in [1.29, 1.82) is 0 Å². The lowest BCUT2D eigenvalue weighted by Gasteiger charge is -2.21. The van der Waals surface area contributed by atoms with Crippen LogP contribution in [-0.4, -0.2) is 54.0 Å². The standard InChI is InChI=1S/C15H23N3O5/c1-10(22-2)14(20)18-13(8-7-11(19)9-17-16)15(21)23-12-5-3-4-6-12/h9-10,12-13H,3-8H2,1-2H3,(H,18,20)/t10-,13-/m0/s1. The van der Waals surface area contributed by atoms with Gasteiger partial charge in [-0.25, -0.2) is 4.79 Å². The number of rotatable bonds is 9. The predicted octanol–water partition coefficient (Wildman–Crippen LogP) is 0.642. The van der Waals surface area contributed by atoms with E-state index >= 15 is 0 Å². The van der Waals surface area contributed by atoms with E-state index < -0.39 is 29.8 Å². The van der Waals surface area contributed by atoms with Gasteiger partial charge in [0.2, 0.25) is 11.7 Å². The van der Waals surface area contributed by atoms with Gasteiger partial charge >= 0.3 is 12.2 Å². The van der Waals surface area contributed by atoms with E-state index in [4.69, 9.17) is 15.0 Å². The second-order valence-electron chi connectivity index (χ2n) is 5.53. The molecule has 0 aromatic carbocycles. The first kappa shape index (κ1) is 19.0. The van der Waals surface area contributed by atoms with Crippen molar-refractivity contribution < 1.29 is 28.6 Å². The summed E-state index contributed by atoms with van der Waals surface area (Å²) < 4.78 is 10.3. The lowest BCUT2D eigenvalue weighted by molar-refractivity contribution is -0.153. The summed E-state index contributed by atoms with van der Waals surface area (Å²) in [6, 6.07) is -0.934. The van der Waals surface area contributed by atoms with Gasteiger partial charge in [0, 0.05) is 13.5 Å². The smallest absolute Gasteiger partial charge is 0.328 e. The van der Waals surface area contributed by atoms with Crippen molar-refractivity contribution in [1.82, 2.24) is 5.32 Å². The van der Waals surface area contributed by atoms with Gasteiger partial charge in [0.05, 0.1) is 0 Å². The fourth-order valence-electron chi connectivity index (χ4n) is 2.31. The van der Waals surface area contributed by atoms with Gasteiger partial charge in [-0.1, -0.05) is 0 Å². The van der Waals surface area contributed by atoms with Crippen LogP contribution in [0.25, 0.3) is 5.53 Å². The molecule has 1 rings (SSSR count). The molecule has 0 aliphatic heterocycles. The molecule has 0 unspecified atom stereocenters. The van der Waals surface area contributed by atoms with Crippen LogP contribution >= 0.6 is 0 Å². The molecule has 0 saturated heterocycles. The molecule has 0 bridgehead atoms. The molecule has 2 atom stereocenters. The van der Waals surface area contributed by atoms with Crippen LogP contribution in [0.15, 0.2) is 0 Å². The zero-order valence-electron chi connectivity index (χ0n) is 13.5. The molecule has 0 radical (unpaired) electrons. The van der Waals surface area contributed by atoms with Crippen LogP contribution in [0.3, 0.4) is 0 Å². The summed E-state index contributed by atoms with van der Waals surface area (Å²) in [4.78, 5) is 38.2.